The highest BCUT2D eigenvalue weighted by molar-refractivity contribution is 5.75. The molecule has 0 aromatic heterocycles. The van der Waals surface area contributed by atoms with Crippen LogP contribution >= 0.6 is 0 Å². The average Bonchev–Trinajstić information content (AvgIpc) is 2.38. The van der Waals surface area contributed by atoms with Crippen molar-refractivity contribution in [1.29, 1.82) is 5.41 Å². The van der Waals surface area contributed by atoms with Crippen molar-refractivity contribution in [3.63, 3.8) is 0 Å². The molecule has 1 saturated heterocycles. The van der Waals surface area contributed by atoms with Crippen LogP contribution in [-0.4, -0.2) is 48.0 Å². The Morgan fingerprint density at radius 3 is 2.68 bits per heavy atom. The molecule has 22 heavy (non-hydrogen) atoms. The number of amides is 1. The van der Waals surface area contributed by atoms with Crippen LogP contribution in [0.4, 0.5) is 4.79 Å². The Kier molecular flexibility index (Phi) is 6.93. The highest BCUT2D eigenvalue weighted by atomic mass is 16.6. The zero-order valence-electron chi connectivity index (χ0n) is 14.1. The summed E-state index contributed by atoms with van der Waals surface area (Å²) in [6, 6.07) is -0.232. The molecular formula is C15H30N4O3. The van der Waals surface area contributed by atoms with Crippen LogP contribution in [0.5, 0.6) is 0 Å². The number of unbranched alkanes of at least 4 members (excludes halogenated alkanes) is 1. The molecule has 4 N–H and O–H groups in total. The number of hydrogen-bond donors (Lipinski definition) is 3. The summed E-state index contributed by atoms with van der Waals surface area (Å²) in [6.45, 7) is 8.80. The van der Waals surface area contributed by atoms with Gasteiger partial charge in [0.05, 0.1) is 6.04 Å². The van der Waals surface area contributed by atoms with Crippen molar-refractivity contribution in [3.8, 4) is 0 Å². The summed E-state index contributed by atoms with van der Waals surface area (Å²) in [7, 11) is 0. The van der Waals surface area contributed by atoms with Gasteiger partial charge in [-0.1, -0.05) is 13.3 Å². The monoisotopic (exact) mass is 314 g/mol. The maximum Gasteiger partial charge on any atom is 0.408 e. The molecule has 0 spiro atoms. The normalized spacial score (nSPS) is 22.3. The Labute approximate surface area is 133 Å². The van der Waals surface area contributed by atoms with Crippen LogP contribution in [0.3, 0.4) is 0 Å². The quantitative estimate of drug-likeness (QED) is 0.409. The van der Waals surface area contributed by atoms with Gasteiger partial charge in [0.2, 0.25) is 0 Å². The molecule has 0 bridgehead atoms. The minimum absolute atomic E-state index is 0.0304. The molecule has 1 rings (SSSR count). The summed E-state index contributed by atoms with van der Waals surface area (Å²) in [4.78, 5) is 13.7. The van der Waals surface area contributed by atoms with E-state index in [2.05, 4.69) is 12.2 Å². The van der Waals surface area contributed by atoms with E-state index in [1.807, 2.05) is 20.8 Å². The maximum atomic E-state index is 12.0. The van der Waals surface area contributed by atoms with Crippen LogP contribution in [0, 0.1) is 5.41 Å². The van der Waals surface area contributed by atoms with Crippen LogP contribution in [0.2, 0.25) is 0 Å². The summed E-state index contributed by atoms with van der Waals surface area (Å²) < 4.78 is 11.2. The standard InChI is InChI=1S/C15H30N4O3/c1-5-6-10-21-12-11(8-7-9-19(12)13(16)17)18-14(20)22-15(2,3)4/h11-12H,5-10H2,1-4H3,(H3,16,17)(H,18,20)/t11-,12+/m0/s1. The zero-order valence-corrected chi connectivity index (χ0v) is 14.1. The van der Waals surface area contributed by atoms with Gasteiger partial charge in [-0.15, -0.1) is 0 Å². The van der Waals surface area contributed by atoms with Crippen molar-refractivity contribution < 1.29 is 14.3 Å². The molecule has 1 heterocycles. The average molecular weight is 314 g/mol. The fourth-order valence-electron chi connectivity index (χ4n) is 2.38. The second-order valence-corrected chi connectivity index (χ2v) is 6.59. The Bertz CT molecular complexity index is 381. The van der Waals surface area contributed by atoms with Gasteiger partial charge in [0, 0.05) is 13.2 Å². The number of carbonyl (C=O) groups excluding carboxylic acids is 1. The SMILES string of the molecule is CCCCO[C@@H]1[C@@H](NC(=O)OC(C)(C)C)CCCN1C(=N)N. The van der Waals surface area contributed by atoms with Crippen LogP contribution in [0.15, 0.2) is 0 Å². The smallest absolute Gasteiger partial charge is 0.408 e. The van der Waals surface area contributed by atoms with Crippen molar-refractivity contribution in [3.05, 3.63) is 0 Å². The Morgan fingerprint density at radius 2 is 2.14 bits per heavy atom. The van der Waals surface area contributed by atoms with Crippen molar-refractivity contribution in [1.82, 2.24) is 10.2 Å². The van der Waals surface area contributed by atoms with E-state index >= 15 is 0 Å². The number of ether oxygens (including phenoxy) is 2. The summed E-state index contributed by atoms with van der Waals surface area (Å²) in [5, 5.41) is 10.6. The maximum absolute atomic E-state index is 12.0. The largest absolute Gasteiger partial charge is 0.444 e. The molecule has 0 aliphatic carbocycles. The fraction of sp³-hybridized carbons (Fsp3) is 0.867. The second kappa shape index (κ2) is 8.22. The first-order valence-electron chi connectivity index (χ1n) is 7.96. The van der Waals surface area contributed by atoms with Gasteiger partial charge in [-0.25, -0.2) is 4.79 Å². The van der Waals surface area contributed by atoms with E-state index in [1.165, 1.54) is 0 Å². The van der Waals surface area contributed by atoms with Crippen LogP contribution in [0.25, 0.3) is 0 Å². The van der Waals surface area contributed by atoms with Crippen molar-refractivity contribution in [2.75, 3.05) is 13.2 Å². The molecule has 0 aromatic rings. The van der Waals surface area contributed by atoms with Gasteiger partial charge in [0.15, 0.2) is 12.2 Å². The summed E-state index contributed by atoms with van der Waals surface area (Å²) in [5.74, 6) is -0.0304. The Morgan fingerprint density at radius 1 is 1.45 bits per heavy atom. The van der Waals surface area contributed by atoms with Crippen LogP contribution in [-0.2, 0) is 9.47 Å². The van der Waals surface area contributed by atoms with E-state index in [9.17, 15) is 4.79 Å². The molecule has 0 radical (unpaired) electrons. The highest BCUT2D eigenvalue weighted by Crippen LogP contribution is 2.20. The van der Waals surface area contributed by atoms with E-state index in [4.69, 9.17) is 20.6 Å². The molecule has 0 aromatic carbocycles. The zero-order chi connectivity index (χ0) is 16.8. The van der Waals surface area contributed by atoms with Gasteiger partial charge in [0.25, 0.3) is 0 Å². The van der Waals surface area contributed by atoms with Crippen molar-refractivity contribution in [2.45, 2.75) is 71.2 Å². The van der Waals surface area contributed by atoms with Gasteiger partial charge in [-0.3, -0.25) is 5.41 Å². The third-order valence-corrected chi connectivity index (χ3v) is 3.36. The lowest BCUT2D eigenvalue weighted by atomic mass is 10.0. The minimum Gasteiger partial charge on any atom is -0.444 e. The van der Waals surface area contributed by atoms with E-state index in [1.54, 1.807) is 4.90 Å². The molecule has 2 atom stereocenters. The van der Waals surface area contributed by atoms with E-state index in [-0.39, 0.29) is 12.0 Å². The van der Waals surface area contributed by atoms with E-state index < -0.39 is 17.9 Å². The lowest BCUT2D eigenvalue weighted by molar-refractivity contribution is -0.0694. The number of likely N-dealkylation sites (tertiary alicyclic amines) is 1. The van der Waals surface area contributed by atoms with Crippen molar-refractivity contribution >= 4 is 12.1 Å². The number of nitrogens with one attached hydrogen (secondary N) is 2. The molecule has 1 aliphatic rings. The van der Waals surface area contributed by atoms with E-state index in [0.717, 1.165) is 25.7 Å². The first-order valence-corrected chi connectivity index (χ1v) is 7.96. The predicted molar refractivity (Wildman–Crippen MR) is 85.7 cm³/mol. The number of rotatable bonds is 5. The van der Waals surface area contributed by atoms with Gasteiger partial charge < -0.3 is 25.4 Å². The Hall–Kier alpha value is -1.50. The molecule has 7 nitrogen and oxygen atoms in total. The molecule has 128 valence electrons. The lowest BCUT2D eigenvalue weighted by Gasteiger charge is -2.41. The first kappa shape index (κ1) is 18.5. The topological polar surface area (TPSA) is 101 Å². The molecule has 1 amide bonds. The molecule has 0 saturated carbocycles. The van der Waals surface area contributed by atoms with Gasteiger partial charge >= 0.3 is 6.09 Å². The number of carbonyl (C=O) groups is 1. The summed E-state index contributed by atoms with van der Waals surface area (Å²) in [6.07, 6.45) is 2.70. The van der Waals surface area contributed by atoms with Gasteiger partial charge in [-0.2, -0.15) is 0 Å². The minimum atomic E-state index is -0.544. The third kappa shape index (κ3) is 6.09. The number of hydrogen-bond acceptors (Lipinski definition) is 4. The van der Waals surface area contributed by atoms with Crippen LogP contribution in [0.1, 0.15) is 53.4 Å². The first-order chi connectivity index (χ1) is 10.2. The predicted octanol–water partition coefficient (Wildman–Crippen LogP) is 2.01. The number of nitrogens with zero attached hydrogens (tertiary/aromatic N) is 1. The molecule has 1 fully saturated rings. The molecular weight excluding hydrogens is 284 g/mol. The van der Waals surface area contributed by atoms with Crippen LogP contribution < -0.4 is 11.1 Å². The highest BCUT2D eigenvalue weighted by Gasteiger charge is 2.35. The van der Waals surface area contributed by atoms with Gasteiger partial charge in [-0.05, 0) is 40.0 Å². The molecule has 0 unspecified atom stereocenters. The number of piperidine rings is 1. The molecule has 7 heteroatoms. The number of nitrogens with two attached hydrogens (primary N) is 1. The number of guanidine groups is 1. The fourth-order valence-corrected chi connectivity index (χ4v) is 2.38. The second-order valence-electron chi connectivity index (χ2n) is 6.59. The van der Waals surface area contributed by atoms with Gasteiger partial charge in [0.1, 0.15) is 5.60 Å². The van der Waals surface area contributed by atoms with E-state index in [0.29, 0.717) is 13.2 Å². The Balaban J connectivity index is 2.70. The lowest BCUT2D eigenvalue weighted by Crippen LogP contribution is -2.60. The van der Waals surface area contributed by atoms with Crippen molar-refractivity contribution in [2.24, 2.45) is 5.73 Å². The summed E-state index contributed by atoms with van der Waals surface area (Å²) in [5.41, 5.74) is 5.10. The summed E-state index contributed by atoms with van der Waals surface area (Å²) >= 11 is 0. The third-order valence-electron chi connectivity index (χ3n) is 3.36. The number of alkyl carbamates (subject to hydrolysis) is 1. The molecule has 1 aliphatic heterocycles.